The Kier molecular flexibility index (Phi) is 3.37. The summed E-state index contributed by atoms with van der Waals surface area (Å²) in [6.07, 6.45) is 4.12. The zero-order chi connectivity index (χ0) is 13.5. The maximum absolute atomic E-state index is 11.0. The van der Waals surface area contributed by atoms with Crippen molar-refractivity contribution in [2.24, 2.45) is 11.3 Å². The molecular weight excluding hydrogens is 228 g/mol. The normalized spacial score (nSPS) is 36.2. The van der Waals surface area contributed by atoms with Gasteiger partial charge in [-0.25, -0.2) is 4.79 Å². The summed E-state index contributed by atoms with van der Waals surface area (Å²) >= 11 is 0. The average molecular weight is 250 g/mol. The summed E-state index contributed by atoms with van der Waals surface area (Å²) < 4.78 is 0. The summed E-state index contributed by atoms with van der Waals surface area (Å²) in [7, 11) is 0. The molecule has 0 aromatic carbocycles. The van der Waals surface area contributed by atoms with E-state index in [4.69, 9.17) is 5.11 Å². The SMILES string of the molecule is C=C(C(=O)O)[C@H]1CC2=C(C)CCC[C@]2(C)C[C@@H]1O. The van der Waals surface area contributed by atoms with Crippen molar-refractivity contribution in [3.63, 3.8) is 0 Å². The number of allylic oxidation sites excluding steroid dienone is 2. The van der Waals surface area contributed by atoms with Gasteiger partial charge < -0.3 is 10.2 Å². The highest BCUT2D eigenvalue weighted by Crippen LogP contribution is 2.52. The van der Waals surface area contributed by atoms with Crippen LogP contribution in [0.1, 0.15) is 46.0 Å². The number of rotatable bonds is 2. The molecule has 2 rings (SSSR count). The average Bonchev–Trinajstić information content (AvgIpc) is 2.26. The molecule has 18 heavy (non-hydrogen) atoms. The van der Waals surface area contributed by atoms with Crippen LogP contribution in [-0.2, 0) is 4.79 Å². The second-order valence-electron chi connectivity index (χ2n) is 6.09. The summed E-state index contributed by atoms with van der Waals surface area (Å²) in [5, 5.41) is 19.3. The van der Waals surface area contributed by atoms with E-state index < -0.39 is 12.1 Å². The Labute approximate surface area is 108 Å². The largest absolute Gasteiger partial charge is 0.478 e. The Morgan fingerprint density at radius 1 is 1.50 bits per heavy atom. The molecule has 0 amide bonds. The first-order valence-corrected chi connectivity index (χ1v) is 6.64. The molecule has 100 valence electrons. The molecule has 0 heterocycles. The Morgan fingerprint density at radius 2 is 2.17 bits per heavy atom. The van der Waals surface area contributed by atoms with Gasteiger partial charge in [-0.15, -0.1) is 0 Å². The molecule has 3 heteroatoms. The molecule has 1 fully saturated rings. The predicted octanol–water partition coefficient (Wildman–Crippen LogP) is 2.90. The molecule has 0 aromatic heterocycles. The predicted molar refractivity (Wildman–Crippen MR) is 70.2 cm³/mol. The van der Waals surface area contributed by atoms with Crippen molar-refractivity contribution < 1.29 is 15.0 Å². The van der Waals surface area contributed by atoms with Crippen LogP contribution in [0.2, 0.25) is 0 Å². The quantitative estimate of drug-likeness (QED) is 0.585. The van der Waals surface area contributed by atoms with Gasteiger partial charge in [-0.1, -0.05) is 24.6 Å². The smallest absolute Gasteiger partial charge is 0.331 e. The van der Waals surface area contributed by atoms with Crippen molar-refractivity contribution in [3.05, 3.63) is 23.3 Å². The number of aliphatic hydroxyl groups is 1. The Bertz CT molecular complexity index is 421. The number of fused-ring (bicyclic) bond motifs is 1. The zero-order valence-corrected chi connectivity index (χ0v) is 11.2. The van der Waals surface area contributed by atoms with E-state index in [2.05, 4.69) is 20.4 Å². The van der Waals surface area contributed by atoms with Crippen LogP contribution in [-0.4, -0.2) is 22.3 Å². The lowest BCUT2D eigenvalue weighted by Gasteiger charge is -2.46. The minimum Gasteiger partial charge on any atom is -0.478 e. The van der Waals surface area contributed by atoms with Gasteiger partial charge in [0.05, 0.1) is 6.10 Å². The number of aliphatic carboxylic acids is 1. The monoisotopic (exact) mass is 250 g/mol. The number of carboxylic acids is 1. The van der Waals surface area contributed by atoms with Gasteiger partial charge >= 0.3 is 5.97 Å². The van der Waals surface area contributed by atoms with Crippen molar-refractivity contribution in [1.29, 1.82) is 0 Å². The topological polar surface area (TPSA) is 57.5 Å². The second kappa shape index (κ2) is 4.54. The summed E-state index contributed by atoms with van der Waals surface area (Å²) in [6, 6.07) is 0. The summed E-state index contributed by atoms with van der Waals surface area (Å²) in [4.78, 5) is 11.0. The van der Waals surface area contributed by atoms with Crippen LogP contribution in [0.15, 0.2) is 23.3 Å². The standard InChI is InChI=1S/C15H22O3/c1-9-5-4-6-15(3)8-13(16)11(7-12(9)15)10(2)14(17)18/h11,13,16H,2,4-8H2,1,3H3,(H,17,18)/t11-,13+,15-/m1/s1. The highest BCUT2D eigenvalue weighted by atomic mass is 16.4. The number of carboxylic acid groups (broad SMARTS) is 1. The van der Waals surface area contributed by atoms with E-state index in [1.54, 1.807) is 0 Å². The number of hydrogen-bond donors (Lipinski definition) is 2. The van der Waals surface area contributed by atoms with Crippen LogP contribution in [0, 0.1) is 11.3 Å². The van der Waals surface area contributed by atoms with E-state index in [-0.39, 0.29) is 16.9 Å². The van der Waals surface area contributed by atoms with E-state index >= 15 is 0 Å². The molecule has 2 aliphatic rings. The van der Waals surface area contributed by atoms with Crippen LogP contribution >= 0.6 is 0 Å². The third-order valence-electron chi connectivity index (χ3n) is 4.79. The molecule has 3 nitrogen and oxygen atoms in total. The molecular formula is C15H22O3. The highest BCUT2D eigenvalue weighted by Gasteiger charge is 2.44. The van der Waals surface area contributed by atoms with Gasteiger partial charge in [0.2, 0.25) is 0 Å². The Hall–Kier alpha value is -1.09. The van der Waals surface area contributed by atoms with Crippen LogP contribution in [0.5, 0.6) is 0 Å². The fourth-order valence-electron chi connectivity index (χ4n) is 3.68. The minimum absolute atomic E-state index is 0.0665. The van der Waals surface area contributed by atoms with Gasteiger partial charge in [-0.05, 0) is 44.4 Å². The van der Waals surface area contributed by atoms with Gasteiger partial charge in [0.1, 0.15) is 0 Å². The maximum Gasteiger partial charge on any atom is 0.331 e. The molecule has 2 aliphatic carbocycles. The summed E-state index contributed by atoms with van der Waals surface area (Å²) in [5.74, 6) is -1.31. The lowest BCUT2D eigenvalue weighted by Crippen LogP contribution is -2.40. The van der Waals surface area contributed by atoms with Crippen molar-refractivity contribution in [2.75, 3.05) is 0 Å². The molecule has 0 unspecified atom stereocenters. The van der Waals surface area contributed by atoms with Crippen LogP contribution in [0.4, 0.5) is 0 Å². The first-order valence-electron chi connectivity index (χ1n) is 6.64. The zero-order valence-electron chi connectivity index (χ0n) is 11.2. The van der Waals surface area contributed by atoms with Crippen molar-refractivity contribution in [2.45, 2.75) is 52.1 Å². The first kappa shape index (κ1) is 13.3. The Balaban J connectivity index is 2.31. The third kappa shape index (κ3) is 2.12. The van der Waals surface area contributed by atoms with E-state index in [1.807, 2.05) is 0 Å². The van der Waals surface area contributed by atoms with Gasteiger partial charge in [-0.2, -0.15) is 0 Å². The third-order valence-corrected chi connectivity index (χ3v) is 4.79. The maximum atomic E-state index is 11.0. The fourth-order valence-corrected chi connectivity index (χ4v) is 3.68. The van der Waals surface area contributed by atoms with Crippen LogP contribution in [0.3, 0.4) is 0 Å². The first-order chi connectivity index (χ1) is 8.35. The summed E-state index contributed by atoms with van der Waals surface area (Å²) in [5.41, 5.74) is 2.97. The minimum atomic E-state index is -0.989. The molecule has 0 spiro atoms. The van der Waals surface area contributed by atoms with E-state index in [0.29, 0.717) is 12.8 Å². The van der Waals surface area contributed by atoms with Crippen molar-refractivity contribution in [3.8, 4) is 0 Å². The van der Waals surface area contributed by atoms with Gasteiger partial charge in [0, 0.05) is 11.5 Å². The molecule has 0 radical (unpaired) electrons. The molecule has 1 saturated carbocycles. The lowest BCUT2D eigenvalue weighted by molar-refractivity contribution is -0.134. The highest BCUT2D eigenvalue weighted by molar-refractivity contribution is 5.86. The lowest BCUT2D eigenvalue weighted by atomic mass is 9.60. The molecule has 0 aliphatic heterocycles. The number of aliphatic hydroxyl groups excluding tert-OH is 1. The van der Waals surface area contributed by atoms with Gasteiger partial charge in [0.15, 0.2) is 0 Å². The van der Waals surface area contributed by atoms with Crippen molar-refractivity contribution >= 4 is 5.97 Å². The number of carbonyl (C=O) groups is 1. The van der Waals surface area contributed by atoms with E-state index in [0.717, 1.165) is 12.8 Å². The second-order valence-corrected chi connectivity index (χ2v) is 6.09. The molecule has 0 aromatic rings. The molecule has 2 N–H and O–H groups in total. The van der Waals surface area contributed by atoms with Crippen LogP contribution < -0.4 is 0 Å². The Morgan fingerprint density at radius 3 is 2.78 bits per heavy atom. The van der Waals surface area contributed by atoms with Gasteiger partial charge in [-0.3, -0.25) is 0 Å². The molecule has 3 atom stereocenters. The van der Waals surface area contributed by atoms with Crippen molar-refractivity contribution in [1.82, 2.24) is 0 Å². The van der Waals surface area contributed by atoms with Gasteiger partial charge in [0.25, 0.3) is 0 Å². The molecule has 0 bridgehead atoms. The summed E-state index contributed by atoms with van der Waals surface area (Å²) in [6.45, 7) is 7.98. The van der Waals surface area contributed by atoms with Crippen LogP contribution in [0.25, 0.3) is 0 Å². The number of hydrogen-bond acceptors (Lipinski definition) is 2. The fraction of sp³-hybridized carbons (Fsp3) is 0.667. The van der Waals surface area contributed by atoms with E-state index in [1.165, 1.54) is 17.6 Å². The molecule has 0 saturated heterocycles. The van der Waals surface area contributed by atoms with E-state index in [9.17, 15) is 9.90 Å².